The van der Waals surface area contributed by atoms with Crippen molar-refractivity contribution in [3.63, 3.8) is 0 Å². The van der Waals surface area contributed by atoms with Crippen LogP contribution in [0, 0.1) is 17.2 Å². The molecule has 2 unspecified atom stereocenters. The van der Waals surface area contributed by atoms with Crippen molar-refractivity contribution in [2.75, 3.05) is 26.7 Å². The molecule has 3 nitrogen and oxygen atoms in total. The van der Waals surface area contributed by atoms with Crippen molar-refractivity contribution in [3.05, 3.63) is 35.4 Å². The first-order chi connectivity index (χ1) is 9.80. The summed E-state index contributed by atoms with van der Waals surface area (Å²) >= 11 is 0. The normalized spacial score (nSPS) is 23.4. The van der Waals surface area contributed by atoms with E-state index in [9.17, 15) is 0 Å². The van der Waals surface area contributed by atoms with E-state index in [2.05, 4.69) is 35.3 Å². The summed E-state index contributed by atoms with van der Waals surface area (Å²) in [7, 11) is 2.04. The summed E-state index contributed by atoms with van der Waals surface area (Å²) in [6.45, 7) is 5.66. The van der Waals surface area contributed by atoms with Crippen molar-refractivity contribution < 1.29 is 0 Å². The fourth-order valence-electron chi connectivity index (χ4n) is 3.40. The third-order valence-electron chi connectivity index (χ3n) is 4.22. The van der Waals surface area contributed by atoms with E-state index < -0.39 is 0 Å². The predicted octanol–water partition coefficient (Wildman–Crippen LogP) is 2.94. The topological polar surface area (TPSA) is 39.1 Å². The van der Waals surface area contributed by atoms with Gasteiger partial charge in [-0.1, -0.05) is 19.1 Å². The molecule has 1 aromatic rings. The van der Waals surface area contributed by atoms with E-state index >= 15 is 0 Å². The maximum Gasteiger partial charge on any atom is 0.0991 e. The molecule has 1 saturated heterocycles. The molecule has 0 spiro atoms. The van der Waals surface area contributed by atoms with Gasteiger partial charge < -0.3 is 5.32 Å². The molecule has 1 aromatic carbocycles. The number of nitrogens with one attached hydrogen (secondary N) is 1. The number of nitrogens with zero attached hydrogens (tertiary/aromatic N) is 2. The third kappa shape index (κ3) is 3.39. The third-order valence-corrected chi connectivity index (χ3v) is 4.22. The Morgan fingerprint density at radius 3 is 2.70 bits per heavy atom. The Hall–Kier alpha value is -1.37. The van der Waals surface area contributed by atoms with Crippen molar-refractivity contribution in [2.45, 2.75) is 32.2 Å². The first kappa shape index (κ1) is 15.0. The van der Waals surface area contributed by atoms with E-state index in [1.54, 1.807) is 0 Å². The molecule has 1 aliphatic rings. The minimum absolute atomic E-state index is 0.490. The Labute approximate surface area is 122 Å². The zero-order chi connectivity index (χ0) is 14.4. The molecule has 1 N–H and O–H groups in total. The van der Waals surface area contributed by atoms with Gasteiger partial charge in [0.1, 0.15) is 0 Å². The van der Waals surface area contributed by atoms with Crippen molar-refractivity contribution in [2.24, 2.45) is 5.92 Å². The lowest BCUT2D eigenvalue weighted by Crippen LogP contribution is -2.42. The second-order valence-electron chi connectivity index (χ2n) is 5.67. The van der Waals surface area contributed by atoms with E-state index in [0.717, 1.165) is 18.7 Å². The minimum atomic E-state index is 0.490. The van der Waals surface area contributed by atoms with Gasteiger partial charge in [-0.05, 0) is 69.6 Å². The number of likely N-dealkylation sites (tertiary alicyclic amines) is 1. The van der Waals surface area contributed by atoms with Crippen LogP contribution in [-0.2, 0) is 0 Å². The Morgan fingerprint density at radius 2 is 2.10 bits per heavy atom. The molecule has 1 fully saturated rings. The molecule has 0 bridgehead atoms. The predicted molar refractivity (Wildman–Crippen MR) is 82.4 cm³/mol. The number of piperidine rings is 1. The van der Waals surface area contributed by atoms with Crippen molar-refractivity contribution in [3.8, 4) is 6.07 Å². The summed E-state index contributed by atoms with van der Waals surface area (Å²) < 4.78 is 0. The van der Waals surface area contributed by atoms with Crippen LogP contribution < -0.4 is 5.32 Å². The van der Waals surface area contributed by atoms with Gasteiger partial charge in [0.25, 0.3) is 0 Å². The van der Waals surface area contributed by atoms with Crippen LogP contribution in [0.25, 0.3) is 0 Å². The molecule has 0 amide bonds. The van der Waals surface area contributed by atoms with Crippen LogP contribution in [0.1, 0.15) is 43.4 Å². The maximum atomic E-state index is 8.94. The average molecular weight is 271 g/mol. The molecule has 0 radical (unpaired) electrons. The molecule has 2 rings (SSSR count). The summed E-state index contributed by atoms with van der Waals surface area (Å²) in [6.07, 6.45) is 3.77. The van der Waals surface area contributed by atoms with Gasteiger partial charge >= 0.3 is 0 Å². The van der Waals surface area contributed by atoms with Gasteiger partial charge in [0.2, 0.25) is 0 Å². The SMILES string of the molecule is CCCN1CCCC(CNC)C1c1ccc(C#N)cc1. The van der Waals surface area contributed by atoms with E-state index in [1.807, 2.05) is 19.2 Å². The highest BCUT2D eigenvalue weighted by molar-refractivity contribution is 5.33. The van der Waals surface area contributed by atoms with E-state index in [1.165, 1.54) is 31.4 Å². The van der Waals surface area contributed by atoms with Crippen molar-refractivity contribution in [1.82, 2.24) is 10.2 Å². The van der Waals surface area contributed by atoms with Gasteiger partial charge in [-0.15, -0.1) is 0 Å². The number of nitriles is 1. The molecule has 0 saturated carbocycles. The molecule has 0 aromatic heterocycles. The second-order valence-corrected chi connectivity index (χ2v) is 5.67. The molecule has 3 heteroatoms. The summed E-state index contributed by atoms with van der Waals surface area (Å²) in [6, 6.07) is 10.9. The van der Waals surface area contributed by atoms with Gasteiger partial charge in [-0.2, -0.15) is 5.26 Å². The molecule has 1 aliphatic heterocycles. The largest absolute Gasteiger partial charge is 0.319 e. The molecular formula is C17H25N3. The molecule has 108 valence electrons. The fraction of sp³-hybridized carbons (Fsp3) is 0.588. The summed E-state index contributed by atoms with van der Waals surface area (Å²) in [5.41, 5.74) is 2.11. The monoisotopic (exact) mass is 271 g/mol. The highest BCUT2D eigenvalue weighted by atomic mass is 15.2. The smallest absolute Gasteiger partial charge is 0.0991 e. The van der Waals surface area contributed by atoms with Crippen LogP contribution >= 0.6 is 0 Å². The molecule has 1 heterocycles. The Kier molecular flexibility index (Phi) is 5.58. The number of rotatable bonds is 5. The van der Waals surface area contributed by atoms with E-state index in [-0.39, 0.29) is 0 Å². The quantitative estimate of drug-likeness (QED) is 0.895. The number of benzene rings is 1. The zero-order valence-corrected chi connectivity index (χ0v) is 12.6. The van der Waals surface area contributed by atoms with Crippen LogP contribution in [0.5, 0.6) is 0 Å². The van der Waals surface area contributed by atoms with Crippen LogP contribution in [0.2, 0.25) is 0 Å². The fourth-order valence-corrected chi connectivity index (χ4v) is 3.40. The molecular weight excluding hydrogens is 246 g/mol. The van der Waals surface area contributed by atoms with E-state index in [0.29, 0.717) is 12.0 Å². The Morgan fingerprint density at radius 1 is 1.35 bits per heavy atom. The van der Waals surface area contributed by atoms with Crippen LogP contribution in [0.3, 0.4) is 0 Å². The van der Waals surface area contributed by atoms with Gasteiger partial charge in [0.05, 0.1) is 11.6 Å². The van der Waals surface area contributed by atoms with Crippen molar-refractivity contribution >= 4 is 0 Å². The Balaban J connectivity index is 2.25. The highest BCUT2D eigenvalue weighted by Crippen LogP contribution is 2.35. The van der Waals surface area contributed by atoms with Crippen LogP contribution in [0.4, 0.5) is 0 Å². The molecule has 2 atom stereocenters. The maximum absolute atomic E-state index is 8.94. The minimum Gasteiger partial charge on any atom is -0.319 e. The van der Waals surface area contributed by atoms with Crippen LogP contribution in [0.15, 0.2) is 24.3 Å². The van der Waals surface area contributed by atoms with Crippen LogP contribution in [-0.4, -0.2) is 31.6 Å². The standard InChI is InChI=1S/C17H25N3/c1-3-10-20-11-4-5-16(13-19-2)17(20)15-8-6-14(12-18)7-9-15/h6-9,16-17,19H,3-5,10-11,13H2,1-2H3. The van der Waals surface area contributed by atoms with Crippen molar-refractivity contribution in [1.29, 1.82) is 5.26 Å². The molecule has 0 aliphatic carbocycles. The zero-order valence-electron chi connectivity index (χ0n) is 12.6. The Bertz CT molecular complexity index is 428. The first-order valence-corrected chi connectivity index (χ1v) is 7.68. The summed E-state index contributed by atoms with van der Waals surface area (Å²) in [4.78, 5) is 2.62. The lowest BCUT2D eigenvalue weighted by molar-refractivity contribution is 0.0924. The average Bonchev–Trinajstić information content (AvgIpc) is 2.48. The number of hydrogen-bond acceptors (Lipinski definition) is 3. The van der Waals surface area contributed by atoms with Gasteiger partial charge in [0.15, 0.2) is 0 Å². The molecule has 20 heavy (non-hydrogen) atoms. The lowest BCUT2D eigenvalue weighted by Gasteiger charge is -2.41. The second kappa shape index (κ2) is 7.42. The number of hydrogen-bond donors (Lipinski definition) is 1. The van der Waals surface area contributed by atoms with Gasteiger partial charge in [-0.3, -0.25) is 4.90 Å². The van der Waals surface area contributed by atoms with Gasteiger partial charge in [-0.25, -0.2) is 0 Å². The first-order valence-electron chi connectivity index (χ1n) is 7.68. The van der Waals surface area contributed by atoms with Gasteiger partial charge in [0, 0.05) is 6.04 Å². The lowest BCUT2D eigenvalue weighted by atomic mass is 9.84. The summed E-state index contributed by atoms with van der Waals surface area (Å²) in [5, 5.41) is 12.3. The summed E-state index contributed by atoms with van der Waals surface area (Å²) in [5.74, 6) is 0.660. The van der Waals surface area contributed by atoms with E-state index in [4.69, 9.17) is 5.26 Å². The highest BCUT2D eigenvalue weighted by Gasteiger charge is 2.31.